The molecule has 2 aromatic rings. The molecule has 0 aromatic carbocycles. The van der Waals surface area contributed by atoms with Gasteiger partial charge in [-0.25, -0.2) is 4.98 Å². The van der Waals surface area contributed by atoms with E-state index >= 15 is 0 Å². The second-order valence-corrected chi connectivity index (χ2v) is 5.22. The van der Waals surface area contributed by atoms with E-state index in [1.54, 1.807) is 17.5 Å². The summed E-state index contributed by atoms with van der Waals surface area (Å²) in [6, 6.07) is 6.17. The van der Waals surface area contributed by atoms with Gasteiger partial charge in [-0.2, -0.15) is 0 Å². The Morgan fingerprint density at radius 1 is 1.59 bits per heavy atom. The average Bonchev–Trinajstić information content (AvgIpc) is 2.82. The first-order valence-electron chi connectivity index (χ1n) is 5.31. The zero-order valence-corrected chi connectivity index (χ0v) is 11.1. The van der Waals surface area contributed by atoms with E-state index in [1.165, 1.54) is 4.88 Å². The Morgan fingerprint density at radius 2 is 2.41 bits per heavy atom. The quantitative estimate of drug-likeness (QED) is 0.896. The number of nitrogen functional groups attached to an aromatic ring is 1. The zero-order chi connectivity index (χ0) is 12.3. The summed E-state index contributed by atoms with van der Waals surface area (Å²) in [4.78, 5) is 5.40. The Balaban J connectivity index is 2.25. The summed E-state index contributed by atoms with van der Waals surface area (Å²) in [6.07, 6.45) is 2.46. The molecule has 0 aliphatic rings. The van der Waals surface area contributed by atoms with Gasteiger partial charge in [-0.05, 0) is 24.6 Å². The van der Waals surface area contributed by atoms with E-state index in [1.807, 2.05) is 19.2 Å². The van der Waals surface area contributed by atoms with E-state index in [0.717, 1.165) is 12.0 Å². The van der Waals surface area contributed by atoms with E-state index in [9.17, 15) is 0 Å². The molecule has 0 amide bonds. The van der Waals surface area contributed by atoms with Crippen molar-refractivity contribution in [2.45, 2.75) is 12.5 Å². The van der Waals surface area contributed by atoms with Gasteiger partial charge >= 0.3 is 0 Å². The number of anilines is 1. The van der Waals surface area contributed by atoms with Crippen molar-refractivity contribution in [3.63, 3.8) is 0 Å². The maximum atomic E-state index is 5.96. The molecule has 0 saturated carbocycles. The standard InChI is InChI=1S/C12H14ClN3S/c1-15-11(6-9-3-2-4-17-9)10-5-8(13)7-16-12(10)14/h2-5,7,11,15H,6H2,1H3,(H2,14,16). The second kappa shape index (κ2) is 5.49. The van der Waals surface area contributed by atoms with Crippen LogP contribution in [0.1, 0.15) is 16.5 Å². The van der Waals surface area contributed by atoms with Gasteiger partial charge in [0, 0.05) is 29.1 Å². The number of pyridine rings is 1. The van der Waals surface area contributed by atoms with Crippen molar-refractivity contribution in [1.29, 1.82) is 0 Å². The van der Waals surface area contributed by atoms with Crippen molar-refractivity contribution in [2.75, 3.05) is 12.8 Å². The number of nitrogens with zero attached hydrogens (tertiary/aromatic N) is 1. The number of nitrogens with two attached hydrogens (primary N) is 1. The first-order chi connectivity index (χ1) is 8.20. The number of rotatable bonds is 4. The Morgan fingerprint density at radius 3 is 3.06 bits per heavy atom. The molecule has 0 spiro atoms. The lowest BCUT2D eigenvalue weighted by molar-refractivity contribution is 0.596. The normalized spacial score (nSPS) is 12.6. The monoisotopic (exact) mass is 267 g/mol. The van der Waals surface area contributed by atoms with Crippen LogP contribution in [0.2, 0.25) is 5.02 Å². The van der Waals surface area contributed by atoms with Gasteiger partial charge in [0.2, 0.25) is 0 Å². The van der Waals surface area contributed by atoms with Crippen molar-refractivity contribution in [1.82, 2.24) is 10.3 Å². The number of halogens is 1. The first kappa shape index (κ1) is 12.4. The molecule has 2 aromatic heterocycles. The Labute approximate surface area is 110 Å². The predicted molar refractivity (Wildman–Crippen MR) is 73.5 cm³/mol. The highest BCUT2D eigenvalue weighted by molar-refractivity contribution is 7.09. The van der Waals surface area contributed by atoms with E-state index in [-0.39, 0.29) is 6.04 Å². The minimum absolute atomic E-state index is 0.139. The summed E-state index contributed by atoms with van der Waals surface area (Å²) in [5.41, 5.74) is 6.84. The molecule has 0 radical (unpaired) electrons. The molecule has 17 heavy (non-hydrogen) atoms. The lowest BCUT2D eigenvalue weighted by Gasteiger charge is -2.17. The molecule has 5 heteroatoms. The number of hydrogen-bond acceptors (Lipinski definition) is 4. The number of thiophene rings is 1. The van der Waals surface area contributed by atoms with E-state index in [4.69, 9.17) is 17.3 Å². The molecule has 0 aliphatic heterocycles. The molecule has 0 bridgehead atoms. The number of aromatic nitrogens is 1. The molecule has 0 saturated heterocycles. The van der Waals surface area contributed by atoms with Crippen LogP contribution >= 0.6 is 22.9 Å². The maximum absolute atomic E-state index is 5.96. The topological polar surface area (TPSA) is 50.9 Å². The van der Waals surface area contributed by atoms with Crippen LogP contribution in [0, 0.1) is 0 Å². The highest BCUT2D eigenvalue weighted by Crippen LogP contribution is 2.26. The molecule has 0 aliphatic carbocycles. The molecule has 1 atom stereocenters. The lowest BCUT2D eigenvalue weighted by atomic mass is 10.0. The molecular weight excluding hydrogens is 254 g/mol. The van der Waals surface area contributed by atoms with Crippen LogP contribution in [-0.2, 0) is 6.42 Å². The van der Waals surface area contributed by atoms with Gasteiger partial charge in [0.05, 0.1) is 5.02 Å². The van der Waals surface area contributed by atoms with Gasteiger partial charge in [-0.1, -0.05) is 17.7 Å². The maximum Gasteiger partial charge on any atom is 0.128 e. The van der Waals surface area contributed by atoms with Crippen LogP contribution < -0.4 is 11.1 Å². The molecule has 2 rings (SSSR count). The molecule has 1 unspecified atom stereocenters. The molecule has 0 fully saturated rings. The van der Waals surface area contributed by atoms with Crippen molar-refractivity contribution in [2.24, 2.45) is 0 Å². The van der Waals surface area contributed by atoms with Crippen LogP contribution in [0.25, 0.3) is 0 Å². The SMILES string of the molecule is CNC(Cc1cccs1)c1cc(Cl)cnc1N. The largest absolute Gasteiger partial charge is 0.383 e. The molecule has 2 heterocycles. The van der Waals surface area contributed by atoms with Gasteiger partial charge in [-0.15, -0.1) is 11.3 Å². The Kier molecular flexibility index (Phi) is 3.99. The third-order valence-corrected chi connectivity index (χ3v) is 3.73. The van der Waals surface area contributed by atoms with Gasteiger partial charge in [0.25, 0.3) is 0 Å². The zero-order valence-electron chi connectivity index (χ0n) is 9.48. The number of hydrogen-bond donors (Lipinski definition) is 2. The fourth-order valence-electron chi connectivity index (χ4n) is 1.74. The van der Waals surface area contributed by atoms with Gasteiger partial charge in [0.15, 0.2) is 0 Å². The van der Waals surface area contributed by atoms with Crippen molar-refractivity contribution in [3.8, 4) is 0 Å². The van der Waals surface area contributed by atoms with Crippen molar-refractivity contribution < 1.29 is 0 Å². The lowest BCUT2D eigenvalue weighted by Crippen LogP contribution is -2.20. The molecular formula is C12H14ClN3S. The summed E-state index contributed by atoms with van der Waals surface area (Å²) < 4.78 is 0. The van der Waals surface area contributed by atoms with Gasteiger partial charge in [-0.3, -0.25) is 0 Å². The van der Waals surface area contributed by atoms with Gasteiger partial charge < -0.3 is 11.1 Å². The Bertz CT molecular complexity index is 485. The van der Waals surface area contributed by atoms with Crippen LogP contribution in [0.15, 0.2) is 29.8 Å². The van der Waals surface area contributed by atoms with E-state index in [0.29, 0.717) is 10.8 Å². The van der Waals surface area contributed by atoms with Gasteiger partial charge in [0.1, 0.15) is 5.82 Å². The van der Waals surface area contributed by atoms with Crippen molar-refractivity contribution in [3.05, 3.63) is 45.2 Å². The third kappa shape index (κ3) is 2.97. The molecule has 3 N–H and O–H groups in total. The number of likely N-dealkylation sites (N-methyl/N-ethyl adjacent to an activating group) is 1. The summed E-state index contributed by atoms with van der Waals surface area (Å²) in [6.45, 7) is 0. The number of nitrogens with one attached hydrogen (secondary N) is 1. The minimum atomic E-state index is 0.139. The van der Waals surface area contributed by atoms with Crippen LogP contribution in [0.5, 0.6) is 0 Å². The highest BCUT2D eigenvalue weighted by Gasteiger charge is 2.15. The Hall–Kier alpha value is -1.10. The first-order valence-corrected chi connectivity index (χ1v) is 6.57. The molecule has 3 nitrogen and oxygen atoms in total. The van der Waals surface area contributed by atoms with Crippen LogP contribution in [0.4, 0.5) is 5.82 Å². The summed E-state index contributed by atoms with van der Waals surface area (Å²) in [5, 5.41) is 5.94. The average molecular weight is 268 g/mol. The highest BCUT2D eigenvalue weighted by atomic mass is 35.5. The summed E-state index contributed by atoms with van der Waals surface area (Å²) in [5.74, 6) is 0.533. The van der Waals surface area contributed by atoms with E-state index < -0.39 is 0 Å². The van der Waals surface area contributed by atoms with Crippen molar-refractivity contribution >= 4 is 28.8 Å². The second-order valence-electron chi connectivity index (χ2n) is 3.75. The third-order valence-electron chi connectivity index (χ3n) is 2.63. The summed E-state index contributed by atoms with van der Waals surface area (Å²) >= 11 is 7.69. The molecule has 90 valence electrons. The fourth-order valence-corrected chi connectivity index (χ4v) is 2.66. The van der Waals surface area contributed by atoms with Crippen LogP contribution in [0.3, 0.4) is 0 Å². The van der Waals surface area contributed by atoms with Crippen LogP contribution in [-0.4, -0.2) is 12.0 Å². The fraction of sp³-hybridized carbons (Fsp3) is 0.250. The van der Waals surface area contributed by atoms with E-state index in [2.05, 4.69) is 21.7 Å². The minimum Gasteiger partial charge on any atom is -0.383 e. The smallest absolute Gasteiger partial charge is 0.128 e. The summed E-state index contributed by atoms with van der Waals surface area (Å²) in [7, 11) is 1.92. The predicted octanol–water partition coefficient (Wildman–Crippen LogP) is 2.88.